The van der Waals surface area contributed by atoms with E-state index >= 15 is 0 Å². The van der Waals surface area contributed by atoms with Crippen molar-refractivity contribution < 1.29 is 21.6 Å². The molecule has 1 N–H and O–H groups in total. The second kappa shape index (κ2) is 3.41. The number of sulfone groups is 1. The summed E-state index contributed by atoms with van der Waals surface area (Å²) in [5.41, 5.74) is 1.77. The predicted octanol–water partition coefficient (Wildman–Crippen LogP) is 0.659. The van der Waals surface area contributed by atoms with Gasteiger partial charge in [-0.05, 0) is 0 Å². The molecular formula is C6H9F3N2O2S. The van der Waals surface area contributed by atoms with Gasteiger partial charge in [-0.2, -0.15) is 18.3 Å². The maximum atomic E-state index is 12.1. The van der Waals surface area contributed by atoms with E-state index in [0.717, 1.165) is 0 Å². The van der Waals surface area contributed by atoms with E-state index in [4.69, 9.17) is 0 Å². The van der Waals surface area contributed by atoms with E-state index in [9.17, 15) is 21.6 Å². The fraction of sp³-hybridized carbons (Fsp3) is 0.833. The zero-order chi connectivity index (χ0) is 11.0. The molecule has 0 saturated heterocycles. The lowest BCUT2D eigenvalue weighted by Gasteiger charge is -2.13. The minimum absolute atomic E-state index is 0.238. The van der Waals surface area contributed by atoms with E-state index < -0.39 is 33.5 Å². The van der Waals surface area contributed by atoms with Gasteiger partial charge in [0, 0.05) is 6.42 Å². The summed E-state index contributed by atoms with van der Waals surface area (Å²) in [5, 5.41) is 2.77. The number of alkyl halides is 3. The molecule has 0 bridgehead atoms. The van der Waals surface area contributed by atoms with E-state index in [1.165, 1.54) is 6.92 Å². The van der Waals surface area contributed by atoms with Crippen molar-refractivity contribution in [1.29, 1.82) is 0 Å². The number of hydrazone groups is 1. The Bertz CT molecular complexity index is 347. The van der Waals surface area contributed by atoms with Crippen molar-refractivity contribution in [2.24, 2.45) is 5.10 Å². The van der Waals surface area contributed by atoms with Crippen molar-refractivity contribution in [3.05, 3.63) is 0 Å². The van der Waals surface area contributed by atoms with Gasteiger partial charge >= 0.3 is 6.18 Å². The summed E-state index contributed by atoms with van der Waals surface area (Å²) in [4.78, 5) is 0. The van der Waals surface area contributed by atoms with Crippen LogP contribution in [-0.4, -0.2) is 31.4 Å². The maximum absolute atomic E-state index is 12.1. The van der Waals surface area contributed by atoms with Gasteiger partial charge in [0.05, 0.1) is 5.75 Å². The summed E-state index contributed by atoms with van der Waals surface area (Å²) in [6.45, 7) is 1.36. The van der Waals surface area contributed by atoms with Gasteiger partial charge in [0.1, 0.15) is 6.04 Å². The fourth-order valence-electron chi connectivity index (χ4n) is 0.968. The standard InChI is InChI=1S/C6H9F3N2O2S/c1-2-14(12,13)5-3-4(10-11-5)6(7,8)9/h4,10H,2-3H2,1H3. The van der Waals surface area contributed by atoms with Crippen molar-refractivity contribution in [3.63, 3.8) is 0 Å². The van der Waals surface area contributed by atoms with Gasteiger partial charge in [-0.1, -0.05) is 6.92 Å². The Morgan fingerprint density at radius 1 is 1.57 bits per heavy atom. The summed E-state index contributed by atoms with van der Waals surface area (Å²) >= 11 is 0. The molecule has 1 heterocycles. The lowest BCUT2D eigenvalue weighted by molar-refractivity contribution is -0.151. The lowest BCUT2D eigenvalue weighted by Crippen LogP contribution is -2.36. The number of rotatable bonds is 1. The van der Waals surface area contributed by atoms with Crippen molar-refractivity contribution in [3.8, 4) is 0 Å². The van der Waals surface area contributed by atoms with E-state index in [2.05, 4.69) is 5.10 Å². The quantitative estimate of drug-likeness (QED) is 0.719. The lowest BCUT2D eigenvalue weighted by atomic mass is 10.2. The van der Waals surface area contributed by atoms with Gasteiger partial charge in [0.25, 0.3) is 0 Å². The zero-order valence-electron chi connectivity index (χ0n) is 7.30. The molecule has 0 aromatic rings. The first-order valence-electron chi connectivity index (χ1n) is 3.89. The van der Waals surface area contributed by atoms with Crippen LogP contribution in [0, 0.1) is 0 Å². The third-order valence-electron chi connectivity index (χ3n) is 1.86. The summed E-state index contributed by atoms with van der Waals surface area (Å²) in [7, 11) is -3.60. The molecule has 0 aliphatic carbocycles. The Balaban J connectivity index is 2.75. The van der Waals surface area contributed by atoms with Gasteiger partial charge in [-0.15, -0.1) is 0 Å². The topological polar surface area (TPSA) is 58.5 Å². The molecule has 1 unspecified atom stereocenters. The Labute approximate surface area is 79.1 Å². The first-order valence-corrected chi connectivity index (χ1v) is 5.54. The van der Waals surface area contributed by atoms with Gasteiger partial charge in [-0.3, -0.25) is 5.43 Å². The molecule has 82 valence electrons. The van der Waals surface area contributed by atoms with Gasteiger partial charge in [0.15, 0.2) is 14.9 Å². The molecule has 8 heteroatoms. The van der Waals surface area contributed by atoms with Crippen LogP contribution in [0.4, 0.5) is 13.2 Å². The van der Waals surface area contributed by atoms with E-state index in [0.29, 0.717) is 0 Å². The average Bonchev–Trinajstić information content (AvgIpc) is 2.51. The number of nitrogens with one attached hydrogen (secondary N) is 1. The van der Waals surface area contributed by atoms with Crippen molar-refractivity contribution >= 4 is 14.9 Å². The van der Waals surface area contributed by atoms with E-state index in [1.54, 1.807) is 5.43 Å². The van der Waals surface area contributed by atoms with Gasteiger partial charge in [-0.25, -0.2) is 8.42 Å². The first-order chi connectivity index (χ1) is 6.27. The third kappa shape index (κ3) is 2.17. The molecule has 14 heavy (non-hydrogen) atoms. The van der Waals surface area contributed by atoms with Crippen LogP contribution >= 0.6 is 0 Å². The number of nitrogens with zero attached hydrogens (tertiary/aromatic N) is 1. The second-order valence-corrected chi connectivity index (χ2v) is 5.11. The summed E-state index contributed by atoms with van der Waals surface area (Å²) < 4.78 is 58.6. The maximum Gasteiger partial charge on any atom is 0.410 e. The summed E-state index contributed by atoms with van der Waals surface area (Å²) in [6, 6.07) is -1.88. The Hall–Kier alpha value is -0.790. The van der Waals surface area contributed by atoms with Crippen LogP contribution in [0.1, 0.15) is 13.3 Å². The summed E-state index contributed by atoms with van der Waals surface area (Å²) in [6.07, 6.45) is -5.08. The first kappa shape index (κ1) is 11.3. The SMILES string of the molecule is CCS(=O)(=O)C1=NNC(C(F)(F)F)C1. The summed E-state index contributed by atoms with van der Waals surface area (Å²) in [5.74, 6) is -0.238. The Morgan fingerprint density at radius 2 is 2.14 bits per heavy atom. The van der Waals surface area contributed by atoms with Crippen LogP contribution < -0.4 is 5.43 Å². The average molecular weight is 230 g/mol. The Kier molecular flexibility index (Phi) is 2.75. The van der Waals surface area contributed by atoms with Crippen molar-refractivity contribution in [2.45, 2.75) is 25.6 Å². The smallest absolute Gasteiger partial charge is 0.296 e. The highest BCUT2D eigenvalue weighted by Crippen LogP contribution is 2.26. The molecule has 1 aliphatic heterocycles. The predicted molar refractivity (Wildman–Crippen MR) is 44.5 cm³/mol. The molecule has 0 spiro atoms. The van der Waals surface area contributed by atoms with Crippen LogP contribution in [0.15, 0.2) is 5.10 Å². The van der Waals surface area contributed by atoms with Crippen molar-refractivity contribution in [1.82, 2.24) is 5.43 Å². The molecule has 0 amide bonds. The minimum atomic E-state index is -4.46. The molecule has 0 fully saturated rings. The largest absolute Gasteiger partial charge is 0.410 e. The minimum Gasteiger partial charge on any atom is -0.296 e. The van der Waals surface area contributed by atoms with Crippen molar-refractivity contribution in [2.75, 3.05) is 5.75 Å². The molecule has 0 radical (unpaired) electrons. The third-order valence-corrected chi connectivity index (χ3v) is 3.59. The molecule has 4 nitrogen and oxygen atoms in total. The zero-order valence-corrected chi connectivity index (χ0v) is 8.11. The highest BCUT2D eigenvalue weighted by molar-refractivity contribution is 8.06. The van der Waals surface area contributed by atoms with Crippen LogP contribution in [0.3, 0.4) is 0 Å². The van der Waals surface area contributed by atoms with Crippen LogP contribution in [0.2, 0.25) is 0 Å². The number of hydrogen-bond donors (Lipinski definition) is 1. The van der Waals surface area contributed by atoms with Crippen LogP contribution in [-0.2, 0) is 9.84 Å². The molecule has 0 aromatic heterocycles. The Morgan fingerprint density at radius 3 is 2.50 bits per heavy atom. The molecular weight excluding hydrogens is 221 g/mol. The van der Waals surface area contributed by atoms with E-state index in [-0.39, 0.29) is 5.75 Å². The van der Waals surface area contributed by atoms with Gasteiger partial charge < -0.3 is 0 Å². The highest BCUT2D eigenvalue weighted by atomic mass is 32.2. The molecule has 1 rings (SSSR count). The highest BCUT2D eigenvalue weighted by Gasteiger charge is 2.44. The van der Waals surface area contributed by atoms with Crippen LogP contribution in [0.25, 0.3) is 0 Å². The fourth-order valence-corrected chi connectivity index (χ4v) is 1.91. The molecule has 1 atom stereocenters. The van der Waals surface area contributed by atoms with Crippen LogP contribution in [0.5, 0.6) is 0 Å². The second-order valence-electron chi connectivity index (χ2n) is 2.84. The molecule has 1 aliphatic rings. The number of halogens is 3. The molecule has 0 saturated carbocycles. The van der Waals surface area contributed by atoms with Gasteiger partial charge in [0.2, 0.25) is 0 Å². The monoisotopic (exact) mass is 230 g/mol. The van der Waals surface area contributed by atoms with E-state index in [1.807, 2.05) is 0 Å². The normalized spacial score (nSPS) is 23.1. The molecule has 0 aromatic carbocycles. The number of hydrogen-bond acceptors (Lipinski definition) is 4.